The van der Waals surface area contributed by atoms with Crippen LogP contribution in [0.2, 0.25) is 0 Å². The maximum Gasteiger partial charge on any atom is 0.311 e. The summed E-state index contributed by atoms with van der Waals surface area (Å²) in [6.45, 7) is 2.60. The highest BCUT2D eigenvalue weighted by Gasteiger charge is 2.13. The van der Waals surface area contributed by atoms with Crippen molar-refractivity contribution in [3.05, 3.63) is 65.7 Å². The molecule has 0 fully saturated rings. The molecule has 2 heterocycles. The van der Waals surface area contributed by atoms with E-state index < -0.39 is 5.97 Å². The predicted molar refractivity (Wildman–Crippen MR) is 110 cm³/mol. The largest absolute Gasteiger partial charge is 0.481 e. The fourth-order valence-electron chi connectivity index (χ4n) is 3.35. The number of benzene rings is 2. The van der Waals surface area contributed by atoms with Crippen molar-refractivity contribution in [2.45, 2.75) is 32.7 Å². The first kappa shape index (κ1) is 19.4. The van der Waals surface area contributed by atoms with Gasteiger partial charge in [-0.25, -0.2) is 14.8 Å². The maximum atomic E-state index is 11.0. The van der Waals surface area contributed by atoms with Gasteiger partial charge in [-0.05, 0) is 33.5 Å². The molecule has 0 aliphatic carbocycles. The van der Waals surface area contributed by atoms with Crippen LogP contribution in [0.3, 0.4) is 0 Å². The van der Waals surface area contributed by atoms with Crippen molar-refractivity contribution in [2.24, 2.45) is 0 Å². The second-order valence-corrected chi connectivity index (χ2v) is 6.91. The second-order valence-electron chi connectivity index (χ2n) is 6.91. The van der Waals surface area contributed by atoms with E-state index in [1.807, 2.05) is 48.5 Å². The summed E-state index contributed by atoms with van der Waals surface area (Å²) in [4.78, 5) is 15.4. The molecule has 4 rings (SSSR count). The van der Waals surface area contributed by atoms with E-state index in [1.165, 1.54) is 0 Å². The summed E-state index contributed by atoms with van der Waals surface area (Å²) in [5, 5.41) is 27.6. The highest BCUT2D eigenvalue weighted by atomic mass is 16.4. The van der Waals surface area contributed by atoms with Gasteiger partial charge in [0, 0.05) is 12.0 Å². The van der Waals surface area contributed by atoms with Gasteiger partial charge < -0.3 is 5.11 Å². The molecule has 0 saturated carbocycles. The molecule has 0 bridgehead atoms. The molecule has 0 saturated heterocycles. The normalized spacial score (nSPS) is 11.0. The van der Waals surface area contributed by atoms with Crippen LogP contribution in [0.1, 0.15) is 30.6 Å². The Labute approximate surface area is 172 Å². The maximum absolute atomic E-state index is 11.0. The second kappa shape index (κ2) is 8.64. The lowest BCUT2D eigenvalue weighted by Crippen LogP contribution is -2.07. The molecule has 0 aliphatic rings. The third-order valence-electron chi connectivity index (χ3n) is 4.70. The van der Waals surface area contributed by atoms with E-state index in [-0.39, 0.29) is 6.42 Å². The number of carboxylic acid groups (broad SMARTS) is 1. The van der Waals surface area contributed by atoms with Crippen molar-refractivity contribution < 1.29 is 9.90 Å². The number of hydrogen-bond donors (Lipinski definition) is 2. The van der Waals surface area contributed by atoms with Crippen molar-refractivity contribution in [1.29, 1.82) is 0 Å². The number of carboxylic acids is 1. The molecule has 0 atom stereocenters. The van der Waals surface area contributed by atoms with Crippen LogP contribution in [0.15, 0.2) is 48.5 Å². The van der Waals surface area contributed by atoms with Gasteiger partial charge in [0.25, 0.3) is 0 Å². The Morgan fingerprint density at radius 1 is 1.10 bits per heavy atom. The van der Waals surface area contributed by atoms with Crippen molar-refractivity contribution in [1.82, 2.24) is 35.4 Å². The summed E-state index contributed by atoms with van der Waals surface area (Å²) in [6.07, 6.45) is 1.50. The minimum Gasteiger partial charge on any atom is -0.481 e. The number of aryl methyl sites for hydroxylation is 1. The first-order chi connectivity index (χ1) is 14.6. The number of carbonyl (C=O) groups is 1. The molecule has 0 unspecified atom stereocenters. The standard InChI is InChI=1S/C21H21N7O2/c1-2-5-19-22-18(12-20(29)30)25-28(19)13-14-8-10-15(11-9-14)16-6-3-4-7-17(16)21-23-26-27-24-21/h3-4,6-11H,2,5,12-13H2,1H3,(H,29,30)(H,23,24,26,27). The summed E-state index contributed by atoms with van der Waals surface area (Å²) >= 11 is 0. The Hall–Kier alpha value is -3.88. The lowest BCUT2D eigenvalue weighted by atomic mass is 9.98. The van der Waals surface area contributed by atoms with Crippen LogP contribution in [0.4, 0.5) is 0 Å². The number of nitrogens with one attached hydrogen (secondary N) is 1. The first-order valence-corrected chi connectivity index (χ1v) is 9.71. The fraction of sp³-hybridized carbons (Fsp3) is 0.238. The molecule has 152 valence electrons. The monoisotopic (exact) mass is 403 g/mol. The predicted octanol–water partition coefficient (Wildman–Crippen LogP) is 2.75. The third-order valence-corrected chi connectivity index (χ3v) is 4.70. The molecule has 0 spiro atoms. The molecular weight excluding hydrogens is 382 g/mol. The molecular formula is C21H21N7O2. The number of aliphatic carboxylic acids is 1. The quantitative estimate of drug-likeness (QED) is 0.464. The van der Waals surface area contributed by atoms with Crippen LogP contribution in [0, 0.1) is 0 Å². The van der Waals surface area contributed by atoms with Crippen molar-refractivity contribution >= 4 is 5.97 Å². The summed E-state index contributed by atoms with van der Waals surface area (Å²) in [6, 6.07) is 16.1. The molecule has 2 aromatic carbocycles. The summed E-state index contributed by atoms with van der Waals surface area (Å²) in [5.41, 5.74) is 4.06. The van der Waals surface area contributed by atoms with Crippen molar-refractivity contribution in [3.63, 3.8) is 0 Å². The van der Waals surface area contributed by atoms with Crippen LogP contribution in [0.5, 0.6) is 0 Å². The van der Waals surface area contributed by atoms with Gasteiger partial charge in [-0.3, -0.25) is 4.79 Å². The lowest BCUT2D eigenvalue weighted by molar-refractivity contribution is -0.136. The number of aromatic nitrogens is 7. The Morgan fingerprint density at radius 2 is 1.87 bits per heavy atom. The Balaban J connectivity index is 1.59. The molecule has 4 aromatic rings. The van der Waals surface area contributed by atoms with E-state index in [4.69, 9.17) is 5.11 Å². The highest BCUT2D eigenvalue weighted by Crippen LogP contribution is 2.29. The van der Waals surface area contributed by atoms with Crippen LogP contribution < -0.4 is 0 Å². The third kappa shape index (κ3) is 4.24. The van der Waals surface area contributed by atoms with Crippen molar-refractivity contribution in [2.75, 3.05) is 0 Å². The van der Waals surface area contributed by atoms with Gasteiger partial charge >= 0.3 is 5.97 Å². The number of rotatable bonds is 8. The van der Waals surface area contributed by atoms with Gasteiger partial charge in [0.05, 0.1) is 6.54 Å². The molecule has 2 aromatic heterocycles. The van der Waals surface area contributed by atoms with E-state index in [9.17, 15) is 4.79 Å². The lowest BCUT2D eigenvalue weighted by Gasteiger charge is -2.09. The van der Waals surface area contributed by atoms with Gasteiger partial charge in [-0.15, -0.1) is 5.10 Å². The number of hydrogen-bond acceptors (Lipinski definition) is 6. The minimum absolute atomic E-state index is 0.171. The Morgan fingerprint density at radius 3 is 2.53 bits per heavy atom. The van der Waals surface area contributed by atoms with Gasteiger partial charge in [0.2, 0.25) is 0 Å². The summed E-state index contributed by atoms with van der Waals surface area (Å²) in [5.74, 6) is 0.839. The fourth-order valence-corrected chi connectivity index (χ4v) is 3.35. The van der Waals surface area contributed by atoms with E-state index in [1.54, 1.807) is 4.68 Å². The number of tetrazole rings is 1. The van der Waals surface area contributed by atoms with Crippen LogP contribution >= 0.6 is 0 Å². The van der Waals surface area contributed by atoms with Crippen molar-refractivity contribution in [3.8, 4) is 22.5 Å². The first-order valence-electron chi connectivity index (χ1n) is 9.71. The molecule has 30 heavy (non-hydrogen) atoms. The SMILES string of the molecule is CCCc1nc(CC(=O)O)nn1Cc1ccc(-c2ccccc2-c2nnn[nH]2)cc1. The number of H-pyrrole nitrogens is 1. The molecule has 0 radical (unpaired) electrons. The molecule has 9 heteroatoms. The summed E-state index contributed by atoms with van der Waals surface area (Å²) < 4.78 is 1.80. The van der Waals surface area contributed by atoms with E-state index >= 15 is 0 Å². The van der Waals surface area contributed by atoms with Gasteiger partial charge in [0.1, 0.15) is 12.2 Å². The average Bonchev–Trinajstić information content (AvgIpc) is 3.39. The smallest absolute Gasteiger partial charge is 0.311 e. The minimum atomic E-state index is -0.930. The van der Waals surface area contributed by atoms with E-state index in [0.717, 1.165) is 40.9 Å². The molecule has 0 amide bonds. The molecule has 9 nitrogen and oxygen atoms in total. The number of nitrogens with zero attached hydrogens (tertiary/aromatic N) is 6. The van der Waals surface area contributed by atoms with E-state index in [2.05, 4.69) is 37.6 Å². The number of aromatic amines is 1. The molecule has 0 aliphatic heterocycles. The average molecular weight is 403 g/mol. The Kier molecular flexibility index (Phi) is 5.60. The van der Waals surface area contributed by atoms with Crippen LogP contribution in [-0.2, 0) is 24.2 Å². The zero-order valence-electron chi connectivity index (χ0n) is 16.5. The van der Waals surface area contributed by atoms with E-state index in [0.29, 0.717) is 18.2 Å². The zero-order chi connectivity index (χ0) is 20.9. The summed E-state index contributed by atoms with van der Waals surface area (Å²) in [7, 11) is 0. The van der Waals surface area contributed by atoms with Crippen LogP contribution in [-0.4, -0.2) is 46.5 Å². The topological polar surface area (TPSA) is 122 Å². The van der Waals surface area contributed by atoms with Gasteiger partial charge in [-0.1, -0.05) is 55.5 Å². The van der Waals surface area contributed by atoms with Crippen LogP contribution in [0.25, 0.3) is 22.5 Å². The zero-order valence-corrected chi connectivity index (χ0v) is 16.5. The molecule has 2 N–H and O–H groups in total. The Bertz CT molecular complexity index is 1130. The highest BCUT2D eigenvalue weighted by molar-refractivity contribution is 5.80. The van der Waals surface area contributed by atoms with Gasteiger partial charge in [0.15, 0.2) is 11.6 Å². The van der Waals surface area contributed by atoms with Gasteiger partial charge in [-0.2, -0.15) is 5.10 Å².